The molecular weight excluding hydrogens is 471 g/mol. The van der Waals surface area contributed by atoms with Crippen LogP contribution in [0.25, 0.3) is 16.7 Å². The Labute approximate surface area is 176 Å². The zero-order valence-corrected chi connectivity index (χ0v) is 18.2. The summed E-state index contributed by atoms with van der Waals surface area (Å²) in [4.78, 5) is 34.2. The first-order valence-electron chi connectivity index (χ1n) is 8.79. The highest BCUT2D eigenvalue weighted by Gasteiger charge is 2.23. The fraction of sp³-hybridized carbons (Fsp3) is 0.300. The van der Waals surface area contributed by atoms with Gasteiger partial charge in [-0.1, -0.05) is 0 Å². The van der Waals surface area contributed by atoms with Crippen molar-refractivity contribution in [1.29, 1.82) is 0 Å². The summed E-state index contributed by atoms with van der Waals surface area (Å²) >= 11 is 2.20. The second-order valence-electron chi connectivity index (χ2n) is 7.33. The molecule has 2 heterocycles. The number of fused-ring (bicyclic) bond motifs is 1. The van der Waals surface area contributed by atoms with Gasteiger partial charge in [-0.15, -0.1) is 0 Å². The van der Waals surface area contributed by atoms with Gasteiger partial charge in [-0.2, -0.15) is 0 Å². The number of aromatic nitrogens is 3. The lowest BCUT2D eigenvalue weighted by Gasteiger charge is -2.23. The number of benzene rings is 1. The van der Waals surface area contributed by atoms with E-state index in [2.05, 4.69) is 37.9 Å². The standard InChI is InChI=1S/C20H21IN4O3/c1-12(23-19(27)28-20(2,3)4)17-24-16-15(6-5-11-22-16)18(26)25(17)14-9-7-13(21)8-10-14/h5-12H,1-4H3,(H,23,27)/t12-/m1/s1. The summed E-state index contributed by atoms with van der Waals surface area (Å²) in [6, 6.07) is 10.3. The summed E-state index contributed by atoms with van der Waals surface area (Å²) in [6.45, 7) is 7.12. The van der Waals surface area contributed by atoms with Crippen molar-refractivity contribution < 1.29 is 9.53 Å². The van der Waals surface area contributed by atoms with Crippen LogP contribution < -0.4 is 10.9 Å². The van der Waals surface area contributed by atoms with E-state index in [1.165, 1.54) is 4.57 Å². The molecule has 0 unspecified atom stereocenters. The number of carbonyl (C=O) groups excluding carboxylic acids is 1. The van der Waals surface area contributed by atoms with Crippen LogP contribution in [0.3, 0.4) is 0 Å². The van der Waals surface area contributed by atoms with Crippen LogP contribution in [0.15, 0.2) is 47.4 Å². The largest absolute Gasteiger partial charge is 0.444 e. The summed E-state index contributed by atoms with van der Waals surface area (Å²) in [5, 5.41) is 3.16. The summed E-state index contributed by atoms with van der Waals surface area (Å²) in [5.74, 6) is 0.378. The molecular formula is C20H21IN4O3. The fourth-order valence-corrected chi connectivity index (χ4v) is 3.07. The van der Waals surface area contributed by atoms with Gasteiger partial charge < -0.3 is 10.1 Å². The Bertz CT molecular complexity index is 1070. The smallest absolute Gasteiger partial charge is 0.408 e. The van der Waals surface area contributed by atoms with Crippen LogP contribution >= 0.6 is 22.6 Å². The molecule has 3 rings (SSSR count). The van der Waals surface area contributed by atoms with E-state index in [1.54, 1.807) is 46.0 Å². The number of carbonyl (C=O) groups is 1. The molecule has 0 radical (unpaired) electrons. The van der Waals surface area contributed by atoms with Crippen LogP contribution in [0.2, 0.25) is 0 Å². The lowest BCUT2D eigenvalue weighted by molar-refractivity contribution is 0.0505. The number of hydrogen-bond donors (Lipinski definition) is 1. The van der Waals surface area contributed by atoms with Crippen LogP contribution in [-0.4, -0.2) is 26.2 Å². The van der Waals surface area contributed by atoms with E-state index in [0.717, 1.165) is 3.57 Å². The molecule has 0 aliphatic rings. The van der Waals surface area contributed by atoms with Crippen molar-refractivity contribution in [2.24, 2.45) is 0 Å². The van der Waals surface area contributed by atoms with Crippen LogP contribution in [-0.2, 0) is 4.74 Å². The molecule has 0 aliphatic heterocycles. The summed E-state index contributed by atoms with van der Waals surface area (Å²) in [7, 11) is 0. The Hall–Kier alpha value is -2.49. The number of amides is 1. The Balaban J connectivity index is 2.12. The van der Waals surface area contributed by atoms with Gasteiger partial charge in [0.2, 0.25) is 0 Å². The van der Waals surface area contributed by atoms with E-state index in [4.69, 9.17) is 4.74 Å². The number of pyridine rings is 1. The third-order valence-corrected chi connectivity index (χ3v) is 4.59. The van der Waals surface area contributed by atoms with Crippen LogP contribution in [0.1, 0.15) is 39.6 Å². The van der Waals surface area contributed by atoms with Gasteiger partial charge in [0.1, 0.15) is 11.4 Å². The van der Waals surface area contributed by atoms with Crippen molar-refractivity contribution in [1.82, 2.24) is 19.9 Å². The zero-order valence-electron chi connectivity index (χ0n) is 16.1. The number of halogens is 1. The molecule has 0 saturated carbocycles. The Morgan fingerprint density at radius 3 is 2.54 bits per heavy atom. The highest BCUT2D eigenvalue weighted by Crippen LogP contribution is 2.19. The molecule has 2 aromatic heterocycles. The average Bonchev–Trinajstić information content (AvgIpc) is 2.61. The van der Waals surface area contributed by atoms with Gasteiger partial charge in [-0.25, -0.2) is 14.8 Å². The molecule has 8 heteroatoms. The molecule has 28 heavy (non-hydrogen) atoms. The normalized spacial score (nSPS) is 12.6. The molecule has 1 atom stereocenters. The van der Waals surface area contributed by atoms with Crippen molar-refractivity contribution in [2.75, 3.05) is 0 Å². The highest BCUT2D eigenvalue weighted by atomic mass is 127. The maximum Gasteiger partial charge on any atom is 0.408 e. The zero-order chi connectivity index (χ0) is 20.5. The maximum absolute atomic E-state index is 13.2. The minimum atomic E-state index is -0.627. The van der Waals surface area contributed by atoms with E-state index < -0.39 is 17.7 Å². The molecule has 1 N–H and O–H groups in total. The second kappa shape index (κ2) is 7.86. The van der Waals surface area contributed by atoms with E-state index in [1.807, 2.05) is 24.3 Å². The molecule has 0 bridgehead atoms. The van der Waals surface area contributed by atoms with Crippen molar-refractivity contribution in [3.8, 4) is 5.69 Å². The molecule has 1 aromatic carbocycles. The number of nitrogens with zero attached hydrogens (tertiary/aromatic N) is 3. The van der Waals surface area contributed by atoms with E-state index >= 15 is 0 Å². The Kier molecular flexibility index (Phi) is 5.69. The van der Waals surface area contributed by atoms with Crippen molar-refractivity contribution in [2.45, 2.75) is 39.3 Å². The minimum absolute atomic E-state index is 0.243. The summed E-state index contributed by atoms with van der Waals surface area (Å²) < 4.78 is 7.88. The lowest BCUT2D eigenvalue weighted by atomic mass is 10.2. The summed E-state index contributed by atoms with van der Waals surface area (Å²) in [6.07, 6.45) is 1.00. The maximum atomic E-state index is 13.2. The molecule has 7 nitrogen and oxygen atoms in total. The van der Waals surface area contributed by atoms with Gasteiger partial charge in [0.05, 0.1) is 17.1 Å². The summed E-state index contributed by atoms with van der Waals surface area (Å²) in [5.41, 5.74) is 0.128. The molecule has 0 spiro atoms. The first-order chi connectivity index (χ1) is 13.2. The minimum Gasteiger partial charge on any atom is -0.444 e. The van der Waals surface area contributed by atoms with Gasteiger partial charge in [-0.3, -0.25) is 9.36 Å². The Morgan fingerprint density at radius 2 is 1.89 bits per heavy atom. The number of rotatable bonds is 3. The number of ether oxygens (including phenoxy) is 1. The van der Waals surface area contributed by atoms with E-state index in [9.17, 15) is 9.59 Å². The van der Waals surface area contributed by atoms with Crippen LogP contribution in [0.5, 0.6) is 0 Å². The third kappa shape index (κ3) is 4.49. The van der Waals surface area contributed by atoms with Gasteiger partial charge in [0.15, 0.2) is 5.65 Å². The number of nitrogens with one attached hydrogen (secondary N) is 1. The first kappa shape index (κ1) is 20.2. The topological polar surface area (TPSA) is 86.1 Å². The molecule has 146 valence electrons. The molecule has 0 aliphatic carbocycles. The highest BCUT2D eigenvalue weighted by molar-refractivity contribution is 14.1. The van der Waals surface area contributed by atoms with Gasteiger partial charge >= 0.3 is 6.09 Å². The molecule has 1 amide bonds. The predicted molar refractivity (Wildman–Crippen MR) is 116 cm³/mol. The first-order valence-corrected chi connectivity index (χ1v) is 9.87. The fourth-order valence-electron chi connectivity index (χ4n) is 2.72. The average molecular weight is 492 g/mol. The van der Waals surface area contributed by atoms with Gasteiger partial charge in [0.25, 0.3) is 5.56 Å². The number of alkyl carbamates (subject to hydrolysis) is 1. The molecule has 3 aromatic rings. The monoisotopic (exact) mass is 492 g/mol. The lowest BCUT2D eigenvalue weighted by Crippen LogP contribution is -2.37. The van der Waals surface area contributed by atoms with Crippen molar-refractivity contribution in [3.05, 3.63) is 62.3 Å². The van der Waals surface area contributed by atoms with E-state index in [0.29, 0.717) is 22.5 Å². The van der Waals surface area contributed by atoms with Gasteiger partial charge in [0, 0.05) is 9.77 Å². The molecule has 0 saturated heterocycles. The van der Waals surface area contributed by atoms with Crippen LogP contribution in [0, 0.1) is 3.57 Å². The third-order valence-electron chi connectivity index (χ3n) is 3.88. The SMILES string of the molecule is C[C@@H](NC(=O)OC(C)(C)C)c1nc2ncccc2c(=O)n1-c1ccc(I)cc1. The van der Waals surface area contributed by atoms with E-state index in [-0.39, 0.29) is 5.56 Å². The van der Waals surface area contributed by atoms with Crippen molar-refractivity contribution >= 4 is 39.7 Å². The van der Waals surface area contributed by atoms with Crippen LogP contribution in [0.4, 0.5) is 4.79 Å². The predicted octanol–water partition coefficient (Wildman–Crippen LogP) is 3.97. The second-order valence-corrected chi connectivity index (χ2v) is 8.58. The quantitative estimate of drug-likeness (QED) is 0.560. The number of hydrogen-bond acceptors (Lipinski definition) is 5. The van der Waals surface area contributed by atoms with Gasteiger partial charge in [-0.05, 0) is 86.7 Å². The molecule has 0 fully saturated rings. The van der Waals surface area contributed by atoms with Crippen molar-refractivity contribution in [3.63, 3.8) is 0 Å². The Morgan fingerprint density at radius 1 is 1.21 bits per heavy atom.